The van der Waals surface area contributed by atoms with Crippen molar-refractivity contribution >= 4 is 58.8 Å². The molecule has 4 saturated heterocycles. The fourth-order valence-corrected chi connectivity index (χ4v) is 18.1. The van der Waals surface area contributed by atoms with Crippen LogP contribution in [0.1, 0.15) is 163 Å². The normalized spacial score (nSPS) is 21.2. The highest BCUT2D eigenvalue weighted by Crippen LogP contribution is 2.54. The third-order valence-electron chi connectivity index (χ3n) is 25.3. The van der Waals surface area contributed by atoms with Gasteiger partial charge >= 0.3 is 0 Å². The molecule has 9 unspecified atom stereocenters. The molecule has 5 fully saturated rings. The Kier molecular flexibility index (Phi) is 42.7. The number of unbranched alkanes of at least 4 members (excludes halogenated alkanes) is 1. The van der Waals surface area contributed by atoms with Crippen molar-refractivity contribution in [2.45, 2.75) is 172 Å². The number of methoxy groups -OCH3 is 3. The third kappa shape index (κ3) is 29.2. The molecular weight excluding hydrogens is 1720 g/mol. The Hall–Kier alpha value is -8.58. The number of anilines is 1. The Morgan fingerprint density at radius 1 is 0.621 bits per heavy atom. The molecule has 4 aliphatic heterocycles. The second-order valence-corrected chi connectivity index (χ2v) is 33.8. The molecule has 3 aliphatic carbocycles. The molecule has 132 heavy (non-hydrogen) atoms. The first-order chi connectivity index (χ1) is 64.2. The average Bonchev–Trinajstić information content (AvgIpc) is 0.829. The van der Waals surface area contributed by atoms with E-state index in [0.29, 0.717) is 210 Å². The number of amides is 6. The summed E-state index contributed by atoms with van der Waals surface area (Å²) >= 11 is 0. The van der Waals surface area contributed by atoms with E-state index in [1.807, 2.05) is 46.2 Å². The lowest BCUT2D eigenvalue weighted by atomic mass is 9.65. The van der Waals surface area contributed by atoms with Crippen LogP contribution >= 0.6 is 0 Å². The van der Waals surface area contributed by atoms with Gasteiger partial charge in [0.2, 0.25) is 35.3 Å². The zero-order valence-electron chi connectivity index (χ0n) is 77.2. The summed E-state index contributed by atoms with van der Waals surface area (Å²) < 4.78 is 102. The molecule has 36 heteroatoms. The Morgan fingerprint density at radius 2 is 1.18 bits per heavy atom. The molecule has 9 atom stereocenters. The number of fused-ring (bicyclic) bond motifs is 6. The van der Waals surface area contributed by atoms with Crippen molar-refractivity contribution in [1.29, 1.82) is 0 Å². The van der Waals surface area contributed by atoms with Crippen molar-refractivity contribution < 1.29 is 139 Å². The number of ketones is 2. The lowest BCUT2D eigenvalue weighted by molar-refractivity contribution is -0.256. The maximum absolute atomic E-state index is 14.7. The Bertz CT molecular complexity index is 4350. The van der Waals surface area contributed by atoms with E-state index in [1.165, 1.54) is 38.0 Å². The molecule has 0 radical (unpaired) electrons. The monoisotopic (exact) mass is 1850 g/mol. The number of phenols is 2. The Labute approximate surface area is 772 Å². The molecule has 36 nitrogen and oxygen atoms in total. The van der Waals surface area contributed by atoms with Gasteiger partial charge < -0.3 is 132 Å². The summed E-state index contributed by atoms with van der Waals surface area (Å²) in [7, 11) is 4.48. The van der Waals surface area contributed by atoms with Crippen molar-refractivity contribution in [2.75, 3.05) is 224 Å². The van der Waals surface area contributed by atoms with E-state index >= 15 is 0 Å². The predicted molar refractivity (Wildman–Crippen MR) is 480 cm³/mol. The second kappa shape index (κ2) is 54.2. The number of para-hydroxylation sites is 1. The van der Waals surface area contributed by atoms with Crippen LogP contribution in [0.3, 0.4) is 0 Å². The minimum atomic E-state index is -2.45. The maximum Gasteiger partial charge on any atom is 0.252 e. The van der Waals surface area contributed by atoms with Gasteiger partial charge in [-0.2, -0.15) is 0 Å². The number of benzene rings is 4. The van der Waals surface area contributed by atoms with Crippen molar-refractivity contribution in [2.24, 2.45) is 11.3 Å². The van der Waals surface area contributed by atoms with Gasteiger partial charge in [-0.1, -0.05) is 74.2 Å². The lowest BCUT2D eigenvalue weighted by Gasteiger charge is -2.45. The first-order valence-electron chi connectivity index (χ1n) is 46.5. The zero-order valence-corrected chi connectivity index (χ0v) is 77.2. The van der Waals surface area contributed by atoms with Crippen LogP contribution in [-0.4, -0.2) is 340 Å². The quantitative estimate of drug-likeness (QED) is 0.0173. The molecule has 1 saturated carbocycles. The number of aryl methyl sites for hydroxylation is 1. The summed E-state index contributed by atoms with van der Waals surface area (Å²) in [5.74, 6) is -6.02. The maximum atomic E-state index is 14.7. The van der Waals surface area contributed by atoms with Gasteiger partial charge in [0, 0.05) is 121 Å². The molecule has 0 aromatic heterocycles. The topological polar surface area (TPSA) is 421 Å². The number of piperidine rings is 1. The summed E-state index contributed by atoms with van der Waals surface area (Å²) in [4.78, 5) is 120. The van der Waals surface area contributed by atoms with E-state index in [0.717, 1.165) is 36.1 Å². The highest BCUT2D eigenvalue weighted by molar-refractivity contribution is 6.31. The third-order valence-corrected chi connectivity index (χ3v) is 25.3. The van der Waals surface area contributed by atoms with Crippen LogP contribution in [0, 0.1) is 11.3 Å². The number of hydrogen-bond acceptors (Lipinski definition) is 30. The second-order valence-electron chi connectivity index (χ2n) is 33.8. The number of nitrogens with zero attached hydrogens (tertiary/aromatic N) is 3. The SMILES string of the molecule is C=Cc1ccccc1N(Cc1ccccc1CC)C(=O)CCCCC(=O)N1CCC2(CCC(C(=O)NC(CNC(=O)CCOCCOCCOCCOCCOCCOCCOCCOCCOCCOCCOCCOC)C(=O)NCCNC(=O)C3(O)Cc4c(O)c5c(c(O)c4C(OC4CC6C(OC7C(OC)OCCN67)C(C)O4)C3)C(=O)c3c(OC)cccc3C5=O)CC2)CC1. The number of aromatic hydroxyl groups is 2. The molecule has 1 spiro atoms. The van der Waals surface area contributed by atoms with Crippen molar-refractivity contribution in [3.05, 3.63) is 123 Å². The molecule has 4 aromatic rings. The highest BCUT2D eigenvalue weighted by Gasteiger charge is 2.56. The van der Waals surface area contributed by atoms with E-state index < -0.39 is 119 Å². The Morgan fingerprint density at radius 3 is 1.77 bits per heavy atom. The van der Waals surface area contributed by atoms with Gasteiger partial charge in [0.25, 0.3) is 5.91 Å². The number of likely N-dealkylation sites (tertiary alicyclic amines) is 1. The molecular formula is C96H137N7O29. The number of carbonyl (C=O) groups excluding carboxylic acids is 8. The largest absolute Gasteiger partial charge is 0.507 e. The minimum Gasteiger partial charge on any atom is -0.507 e. The predicted octanol–water partition coefficient (Wildman–Crippen LogP) is 6.00. The fraction of sp³-hybridized carbons (Fsp3) is 0.646. The number of nitrogens with one attached hydrogen (secondary N) is 4. The number of hydrogen-bond donors (Lipinski definition) is 7. The number of ether oxygens (including phenoxy) is 18. The van der Waals surface area contributed by atoms with E-state index in [-0.39, 0.29) is 116 Å². The lowest BCUT2D eigenvalue weighted by Crippen LogP contribution is -2.56. The number of rotatable bonds is 59. The van der Waals surface area contributed by atoms with Crippen LogP contribution < -0.4 is 30.9 Å². The van der Waals surface area contributed by atoms with Crippen LogP contribution in [0.4, 0.5) is 5.69 Å². The van der Waals surface area contributed by atoms with Gasteiger partial charge in [0.05, 0.1) is 207 Å². The number of morpholine rings is 1. The standard InChI is InChI=1S/C96H137N7O29/c1-7-66-16-9-10-18-69(66)64-103(73-20-12-11-17-67(73)8-2)79(106)23-14-13-22-78(105)101-33-29-95(30-34-101)27-24-68(25-28-95)90(111)100-72(63-99-77(104)26-36-118-40-41-120-44-45-122-48-49-124-52-53-126-56-57-128-59-58-127-55-54-125-51-50-123-47-46-121-43-42-119-39-38-115-4)91(112)97-31-32-98-94(113)96(114)61-71-82(88(110)84-83(86(71)108)85(107)70-19-15-21-75(116-5)81(70)87(84)109)76(62-96)131-80-60-74-89(65(3)130-80)132-92-93(117-6)129-37-35-102(74)92/h8-12,15-21,65,68,72,74,76,80,89,92-93,108,110,114H,2,7,13-14,22-64H2,1,3-6H3,(H,97,112)(H,98,113)(H,99,104)(H,100,111). The number of carbonyl (C=O) groups is 8. The van der Waals surface area contributed by atoms with Crippen LogP contribution in [0.5, 0.6) is 17.2 Å². The van der Waals surface area contributed by atoms with Gasteiger partial charge in [-0.3, -0.25) is 43.3 Å². The highest BCUT2D eigenvalue weighted by atomic mass is 16.7. The van der Waals surface area contributed by atoms with E-state index in [4.69, 9.17) is 85.3 Å². The van der Waals surface area contributed by atoms with Crippen molar-refractivity contribution in [1.82, 2.24) is 31.1 Å². The van der Waals surface area contributed by atoms with Crippen LogP contribution in [-0.2, 0) is 129 Å². The summed E-state index contributed by atoms with van der Waals surface area (Å²) in [5.41, 5.74) is -0.289. The summed E-state index contributed by atoms with van der Waals surface area (Å²) in [6, 6.07) is 18.7. The van der Waals surface area contributed by atoms with E-state index in [9.17, 15) is 53.7 Å². The summed E-state index contributed by atoms with van der Waals surface area (Å²) in [6.07, 6.45) is 2.29. The van der Waals surface area contributed by atoms with Crippen LogP contribution in [0.25, 0.3) is 6.08 Å². The summed E-state index contributed by atoms with van der Waals surface area (Å²) in [5, 5.41) is 48.6. The van der Waals surface area contributed by atoms with Gasteiger partial charge in [0.1, 0.15) is 35.0 Å². The first kappa shape index (κ1) is 104. The molecule has 7 N–H and O–H groups in total. The molecule has 11 rings (SSSR count). The number of aliphatic hydroxyl groups is 1. The van der Waals surface area contributed by atoms with Gasteiger partial charge in [-0.15, -0.1) is 0 Å². The van der Waals surface area contributed by atoms with Gasteiger partial charge in [0.15, 0.2) is 24.6 Å². The molecule has 0 bridgehead atoms. The molecule has 6 amide bonds. The van der Waals surface area contributed by atoms with Crippen LogP contribution in [0.2, 0.25) is 0 Å². The zero-order chi connectivity index (χ0) is 93.6. The molecule has 7 aliphatic rings. The van der Waals surface area contributed by atoms with Gasteiger partial charge in [-0.25, -0.2) is 0 Å². The average molecular weight is 1850 g/mol. The summed E-state index contributed by atoms with van der Waals surface area (Å²) in [6.45, 7) is 18.7. The van der Waals surface area contributed by atoms with Crippen molar-refractivity contribution in [3.8, 4) is 17.2 Å². The van der Waals surface area contributed by atoms with E-state index in [1.54, 1.807) is 20.1 Å². The van der Waals surface area contributed by atoms with Crippen LogP contribution in [0.15, 0.2) is 73.3 Å². The van der Waals surface area contributed by atoms with Gasteiger partial charge in [-0.05, 0) is 98.9 Å². The minimum absolute atomic E-state index is 0.0167. The molecule has 4 heterocycles. The smallest absolute Gasteiger partial charge is 0.252 e. The van der Waals surface area contributed by atoms with E-state index in [2.05, 4.69) is 51.8 Å². The fourth-order valence-electron chi connectivity index (χ4n) is 18.1. The Balaban J connectivity index is 0.621. The molecule has 730 valence electrons. The number of phenolic OH excluding ortho intramolecular Hbond substituents is 2. The first-order valence-corrected chi connectivity index (χ1v) is 46.5. The van der Waals surface area contributed by atoms with Crippen molar-refractivity contribution in [3.63, 3.8) is 0 Å². The molecule has 4 aromatic carbocycles.